The molecule has 1 fully saturated rings. The molecule has 28 heavy (non-hydrogen) atoms. The molecule has 1 heterocycles. The lowest BCUT2D eigenvalue weighted by Gasteiger charge is -2.39. The molecule has 0 saturated carbocycles. The highest BCUT2D eigenvalue weighted by Crippen LogP contribution is 2.16. The van der Waals surface area contributed by atoms with Crippen LogP contribution in [-0.2, 0) is 4.74 Å². The molecule has 0 aromatic heterocycles. The molecule has 7 nitrogen and oxygen atoms in total. The van der Waals surface area contributed by atoms with E-state index in [1.54, 1.807) is 24.3 Å². The lowest BCUT2D eigenvalue weighted by Crippen LogP contribution is -2.52. The van der Waals surface area contributed by atoms with Crippen molar-refractivity contribution in [1.82, 2.24) is 20.9 Å². The van der Waals surface area contributed by atoms with E-state index in [0.717, 1.165) is 38.8 Å². The molecule has 3 N–H and O–H groups in total. The van der Waals surface area contributed by atoms with E-state index in [9.17, 15) is 4.79 Å². The number of rotatable bonds is 8. The molecule has 1 aromatic rings. The van der Waals surface area contributed by atoms with E-state index in [1.807, 2.05) is 6.92 Å². The predicted molar refractivity (Wildman–Crippen MR) is 114 cm³/mol. The number of nitrogens with one attached hydrogen (secondary N) is 3. The average molecular weight is 410 g/mol. The fourth-order valence-corrected chi connectivity index (χ4v) is 3.07. The number of nitrogens with zero attached hydrogens (tertiary/aromatic N) is 2. The zero-order valence-electron chi connectivity index (χ0n) is 17.1. The van der Waals surface area contributed by atoms with Crippen LogP contribution >= 0.6 is 11.6 Å². The number of hydrogen-bond acceptors (Lipinski definition) is 4. The highest BCUT2D eigenvalue weighted by atomic mass is 35.5. The molecule has 8 heteroatoms. The second kappa shape index (κ2) is 11.2. The van der Waals surface area contributed by atoms with Gasteiger partial charge in [-0.3, -0.25) is 14.7 Å². The van der Waals surface area contributed by atoms with Crippen molar-refractivity contribution < 1.29 is 9.53 Å². The standard InChI is InChI=1S/C20H32ClN5O2/c1-4-22-19(25-15-20(2,3)26-11-13-28-14-12-26)24-10-9-23-18(27)16-5-7-17(21)8-6-16/h5-8H,4,9-15H2,1-3H3,(H,23,27)(H2,22,24,25). The van der Waals surface area contributed by atoms with Gasteiger partial charge in [0.2, 0.25) is 0 Å². The van der Waals surface area contributed by atoms with E-state index in [-0.39, 0.29) is 11.4 Å². The number of carbonyl (C=O) groups is 1. The van der Waals surface area contributed by atoms with Crippen LogP contribution in [0, 0.1) is 0 Å². The van der Waals surface area contributed by atoms with Gasteiger partial charge in [0.05, 0.1) is 19.8 Å². The average Bonchev–Trinajstić information content (AvgIpc) is 2.70. The van der Waals surface area contributed by atoms with E-state index in [1.165, 1.54) is 0 Å². The summed E-state index contributed by atoms with van der Waals surface area (Å²) in [4.78, 5) is 19.3. The molecule has 0 radical (unpaired) electrons. The minimum Gasteiger partial charge on any atom is -0.379 e. The predicted octanol–water partition coefficient (Wildman–Crippen LogP) is 1.74. The summed E-state index contributed by atoms with van der Waals surface area (Å²) in [5, 5.41) is 10.0. The number of ether oxygens (including phenoxy) is 1. The van der Waals surface area contributed by atoms with Gasteiger partial charge < -0.3 is 20.7 Å². The van der Waals surface area contributed by atoms with Gasteiger partial charge in [0.15, 0.2) is 5.96 Å². The van der Waals surface area contributed by atoms with Crippen molar-refractivity contribution >= 4 is 23.5 Å². The molecule has 0 atom stereocenters. The van der Waals surface area contributed by atoms with Crippen molar-refractivity contribution in [3.05, 3.63) is 34.9 Å². The molecule has 0 bridgehead atoms. The third kappa shape index (κ3) is 7.30. The maximum atomic E-state index is 12.1. The van der Waals surface area contributed by atoms with Gasteiger partial charge in [-0.2, -0.15) is 0 Å². The number of halogens is 1. The number of aliphatic imine (C=N–C) groups is 1. The summed E-state index contributed by atoms with van der Waals surface area (Å²) in [6.45, 7) is 12.4. The Morgan fingerprint density at radius 2 is 1.79 bits per heavy atom. The molecule has 1 saturated heterocycles. The number of morpholine rings is 1. The van der Waals surface area contributed by atoms with E-state index >= 15 is 0 Å². The Hall–Kier alpha value is -1.83. The fraction of sp³-hybridized carbons (Fsp3) is 0.600. The Balaban J connectivity index is 1.78. The van der Waals surface area contributed by atoms with Gasteiger partial charge >= 0.3 is 0 Å². The Morgan fingerprint density at radius 3 is 2.43 bits per heavy atom. The normalized spacial score (nSPS) is 15.9. The van der Waals surface area contributed by atoms with Crippen LogP contribution in [0.1, 0.15) is 31.1 Å². The zero-order valence-corrected chi connectivity index (χ0v) is 17.8. The van der Waals surface area contributed by atoms with Gasteiger partial charge in [-0.25, -0.2) is 0 Å². The van der Waals surface area contributed by atoms with E-state index in [4.69, 9.17) is 21.3 Å². The van der Waals surface area contributed by atoms with Crippen LogP contribution in [-0.4, -0.2) is 74.8 Å². The van der Waals surface area contributed by atoms with Crippen LogP contribution < -0.4 is 16.0 Å². The molecule has 1 amide bonds. The Kier molecular flexibility index (Phi) is 9.02. The molecule has 2 rings (SSSR count). The maximum absolute atomic E-state index is 12.1. The first kappa shape index (κ1) is 22.5. The summed E-state index contributed by atoms with van der Waals surface area (Å²) in [6, 6.07) is 6.84. The third-order valence-corrected chi connectivity index (χ3v) is 4.90. The number of amides is 1. The minimum absolute atomic E-state index is 0.0328. The van der Waals surface area contributed by atoms with Crippen LogP contribution in [0.15, 0.2) is 29.3 Å². The molecule has 0 spiro atoms. The van der Waals surface area contributed by atoms with Crippen LogP contribution in [0.25, 0.3) is 0 Å². The largest absolute Gasteiger partial charge is 0.379 e. The van der Waals surface area contributed by atoms with Crippen molar-refractivity contribution in [2.75, 3.05) is 52.5 Å². The summed E-state index contributed by atoms with van der Waals surface area (Å²) in [7, 11) is 0. The van der Waals surface area contributed by atoms with Gasteiger partial charge in [0.1, 0.15) is 0 Å². The molecule has 156 valence electrons. The summed E-state index contributed by atoms with van der Waals surface area (Å²) in [6.07, 6.45) is 0. The maximum Gasteiger partial charge on any atom is 0.251 e. The monoisotopic (exact) mass is 409 g/mol. The first-order valence-corrected chi connectivity index (χ1v) is 10.2. The van der Waals surface area contributed by atoms with Gasteiger partial charge in [-0.05, 0) is 45.0 Å². The summed E-state index contributed by atoms with van der Waals surface area (Å²) < 4.78 is 5.44. The molecular formula is C20H32ClN5O2. The highest BCUT2D eigenvalue weighted by molar-refractivity contribution is 6.30. The minimum atomic E-state index is -0.117. The number of carbonyl (C=O) groups excluding carboxylic acids is 1. The van der Waals surface area contributed by atoms with Crippen LogP contribution in [0.5, 0.6) is 0 Å². The van der Waals surface area contributed by atoms with Gasteiger partial charge in [-0.15, -0.1) is 0 Å². The van der Waals surface area contributed by atoms with Crippen molar-refractivity contribution in [2.24, 2.45) is 4.99 Å². The van der Waals surface area contributed by atoms with Gasteiger partial charge in [0, 0.05) is 48.8 Å². The molecule has 0 unspecified atom stereocenters. The summed E-state index contributed by atoms with van der Waals surface area (Å²) >= 11 is 5.85. The highest BCUT2D eigenvalue weighted by Gasteiger charge is 2.28. The number of hydrogen-bond donors (Lipinski definition) is 3. The summed E-state index contributed by atoms with van der Waals surface area (Å²) in [5.41, 5.74) is 0.562. The quantitative estimate of drug-likeness (QED) is 0.346. The molecule has 1 aromatic carbocycles. The summed E-state index contributed by atoms with van der Waals surface area (Å²) in [5.74, 6) is 0.637. The van der Waals surface area contributed by atoms with Crippen molar-refractivity contribution in [3.8, 4) is 0 Å². The first-order valence-electron chi connectivity index (χ1n) is 9.81. The molecular weight excluding hydrogens is 378 g/mol. The van der Waals surface area contributed by atoms with Crippen molar-refractivity contribution in [3.63, 3.8) is 0 Å². The Bertz CT molecular complexity index is 643. The molecule has 0 aliphatic carbocycles. The number of benzene rings is 1. The first-order chi connectivity index (χ1) is 13.4. The third-order valence-electron chi connectivity index (χ3n) is 4.64. The Morgan fingerprint density at radius 1 is 1.14 bits per heavy atom. The second-order valence-corrected chi connectivity index (χ2v) is 7.73. The van der Waals surface area contributed by atoms with Gasteiger partial charge in [0.25, 0.3) is 5.91 Å². The van der Waals surface area contributed by atoms with Crippen LogP contribution in [0.3, 0.4) is 0 Å². The number of guanidine groups is 1. The molecule has 1 aliphatic heterocycles. The van der Waals surface area contributed by atoms with Crippen LogP contribution in [0.2, 0.25) is 5.02 Å². The molecule has 1 aliphatic rings. The van der Waals surface area contributed by atoms with E-state index in [2.05, 4.69) is 34.7 Å². The smallest absolute Gasteiger partial charge is 0.251 e. The van der Waals surface area contributed by atoms with E-state index < -0.39 is 0 Å². The fourth-order valence-electron chi connectivity index (χ4n) is 2.94. The zero-order chi connectivity index (χ0) is 20.4. The lowest BCUT2D eigenvalue weighted by molar-refractivity contribution is -0.00683. The second-order valence-electron chi connectivity index (χ2n) is 7.30. The van der Waals surface area contributed by atoms with Crippen molar-refractivity contribution in [2.45, 2.75) is 26.3 Å². The Labute approximate surface area is 172 Å². The van der Waals surface area contributed by atoms with Gasteiger partial charge in [-0.1, -0.05) is 11.6 Å². The van der Waals surface area contributed by atoms with Crippen LogP contribution in [0.4, 0.5) is 0 Å². The SMILES string of the molecule is CCNC(=NCC(C)(C)N1CCOCC1)NCCNC(=O)c1ccc(Cl)cc1. The lowest BCUT2D eigenvalue weighted by atomic mass is 10.0. The van der Waals surface area contributed by atoms with Crippen molar-refractivity contribution in [1.29, 1.82) is 0 Å². The van der Waals surface area contributed by atoms with E-state index in [0.29, 0.717) is 30.2 Å². The topological polar surface area (TPSA) is 78.0 Å².